The molecule has 2 heterocycles. The van der Waals surface area contributed by atoms with E-state index in [0.29, 0.717) is 12.2 Å². The summed E-state index contributed by atoms with van der Waals surface area (Å²) in [5, 5.41) is 6.54. The number of aromatic nitrogens is 3. The van der Waals surface area contributed by atoms with Crippen LogP contribution < -0.4 is 0 Å². The summed E-state index contributed by atoms with van der Waals surface area (Å²) in [7, 11) is 0. The Kier molecular flexibility index (Phi) is 2.35. The van der Waals surface area contributed by atoms with Crippen LogP contribution in [0.15, 0.2) is 0 Å². The molecule has 0 aliphatic carbocycles. The zero-order chi connectivity index (χ0) is 9.10. The third-order valence-corrected chi connectivity index (χ3v) is 2.23. The molecule has 0 unspecified atom stereocenters. The number of ether oxygens (including phenoxy) is 1. The van der Waals surface area contributed by atoms with Gasteiger partial charge < -0.3 is 4.74 Å². The first-order valence-corrected chi connectivity index (χ1v) is 4.35. The molecule has 0 bridgehead atoms. The number of rotatable bonds is 2. The van der Waals surface area contributed by atoms with Crippen molar-refractivity contribution in [3.63, 3.8) is 0 Å². The van der Waals surface area contributed by atoms with Crippen LogP contribution >= 0.6 is 0 Å². The van der Waals surface area contributed by atoms with E-state index in [0.717, 1.165) is 31.9 Å². The van der Waals surface area contributed by atoms with Gasteiger partial charge in [0, 0.05) is 19.1 Å². The van der Waals surface area contributed by atoms with Crippen LogP contribution in [0.25, 0.3) is 0 Å². The third-order valence-electron chi connectivity index (χ3n) is 2.23. The zero-order valence-corrected chi connectivity index (χ0v) is 7.19. The van der Waals surface area contributed by atoms with Gasteiger partial charge in [-0.25, -0.2) is 4.98 Å². The van der Waals surface area contributed by atoms with Gasteiger partial charge in [-0.1, -0.05) is 0 Å². The van der Waals surface area contributed by atoms with Crippen molar-refractivity contribution in [1.29, 1.82) is 0 Å². The SMILES string of the molecule is O=Cc1n[nH]c(C2CCOCC2)n1. The molecular formula is C8H11N3O2. The van der Waals surface area contributed by atoms with Gasteiger partial charge in [-0.15, -0.1) is 0 Å². The topological polar surface area (TPSA) is 67.9 Å². The highest BCUT2D eigenvalue weighted by atomic mass is 16.5. The van der Waals surface area contributed by atoms with Crippen molar-refractivity contribution in [2.45, 2.75) is 18.8 Å². The second kappa shape index (κ2) is 3.66. The van der Waals surface area contributed by atoms with Crippen LogP contribution in [0.4, 0.5) is 0 Å². The van der Waals surface area contributed by atoms with Crippen molar-refractivity contribution >= 4 is 6.29 Å². The molecule has 70 valence electrons. The van der Waals surface area contributed by atoms with Crippen LogP contribution in [-0.2, 0) is 4.74 Å². The minimum atomic E-state index is 0.237. The van der Waals surface area contributed by atoms with E-state index in [1.54, 1.807) is 0 Å². The summed E-state index contributed by atoms with van der Waals surface area (Å²) in [5.74, 6) is 1.42. The molecule has 13 heavy (non-hydrogen) atoms. The Morgan fingerprint density at radius 2 is 2.23 bits per heavy atom. The Bertz CT molecular complexity index is 291. The number of H-pyrrole nitrogens is 1. The monoisotopic (exact) mass is 181 g/mol. The van der Waals surface area contributed by atoms with Crippen LogP contribution in [-0.4, -0.2) is 34.7 Å². The summed E-state index contributed by atoms with van der Waals surface area (Å²) >= 11 is 0. The molecular weight excluding hydrogens is 170 g/mol. The largest absolute Gasteiger partial charge is 0.381 e. The second-order valence-electron chi connectivity index (χ2n) is 3.08. The van der Waals surface area contributed by atoms with Crippen LogP contribution in [0.1, 0.15) is 35.2 Å². The Morgan fingerprint density at radius 3 is 2.85 bits per heavy atom. The molecule has 1 aliphatic rings. The fourth-order valence-electron chi connectivity index (χ4n) is 1.49. The molecule has 0 amide bonds. The van der Waals surface area contributed by atoms with Gasteiger partial charge in [-0.05, 0) is 12.8 Å². The van der Waals surface area contributed by atoms with Gasteiger partial charge >= 0.3 is 0 Å². The predicted molar refractivity (Wildman–Crippen MR) is 44.6 cm³/mol. The molecule has 0 saturated carbocycles. The molecule has 5 nitrogen and oxygen atoms in total. The average Bonchev–Trinajstić information content (AvgIpc) is 2.67. The van der Waals surface area contributed by atoms with E-state index in [1.165, 1.54) is 0 Å². The van der Waals surface area contributed by atoms with Crippen LogP contribution in [0, 0.1) is 0 Å². The fraction of sp³-hybridized carbons (Fsp3) is 0.625. The average molecular weight is 181 g/mol. The highest BCUT2D eigenvalue weighted by Gasteiger charge is 2.19. The Balaban J connectivity index is 2.09. The number of nitrogens with one attached hydrogen (secondary N) is 1. The maximum Gasteiger partial charge on any atom is 0.214 e. The first-order chi connectivity index (χ1) is 6.40. The van der Waals surface area contributed by atoms with Gasteiger partial charge in [-0.2, -0.15) is 5.10 Å². The minimum absolute atomic E-state index is 0.237. The third kappa shape index (κ3) is 1.75. The lowest BCUT2D eigenvalue weighted by atomic mass is 10.00. The minimum Gasteiger partial charge on any atom is -0.381 e. The van der Waals surface area contributed by atoms with E-state index in [9.17, 15) is 4.79 Å². The lowest BCUT2D eigenvalue weighted by Crippen LogP contribution is -2.15. The van der Waals surface area contributed by atoms with E-state index in [4.69, 9.17) is 4.74 Å². The van der Waals surface area contributed by atoms with Crippen LogP contribution in [0.2, 0.25) is 0 Å². The van der Waals surface area contributed by atoms with Crippen LogP contribution in [0.3, 0.4) is 0 Å². The first kappa shape index (κ1) is 8.37. The summed E-state index contributed by atoms with van der Waals surface area (Å²) in [6, 6.07) is 0. The van der Waals surface area contributed by atoms with Crippen molar-refractivity contribution in [2.24, 2.45) is 0 Å². The maximum atomic E-state index is 10.3. The summed E-state index contributed by atoms with van der Waals surface area (Å²) in [6.07, 6.45) is 2.56. The van der Waals surface area contributed by atoms with E-state index in [2.05, 4.69) is 15.2 Å². The molecule has 1 fully saturated rings. The molecule has 1 aromatic rings. The molecule has 2 rings (SSSR count). The molecule has 1 N–H and O–H groups in total. The summed E-state index contributed by atoms with van der Waals surface area (Å²) in [4.78, 5) is 14.4. The maximum absolute atomic E-state index is 10.3. The second-order valence-corrected chi connectivity index (χ2v) is 3.08. The number of carbonyl (C=O) groups is 1. The first-order valence-electron chi connectivity index (χ1n) is 4.35. The van der Waals surface area contributed by atoms with E-state index in [-0.39, 0.29) is 5.82 Å². The van der Waals surface area contributed by atoms with Gasteiger partial charge in [0.25, 0.3) is 0 Å². The smallest absolute Gasteiger partial charge is 0.214 e. The van der Waals surface area contributed by atoms with Crippen molar-refractivity contribution < 1.29 is 9.53 Å². The van der Waals surface area contributed by atoms with Gasteiger partial charge in [0.05, 0.1) is 0 Å². The molecule has 0 radical (unpaired) electrons. The number of aromatic amines is 1. The Labute approximate surface area is 75.5 Å². The summed E-state index contributed by atoms with van der Waals surface area (Å²) in [5.41, 5.74) is 0. The van der Waals surface area contributed by atoms with Crippen molar-refractivity contribution in [3.05, 3.63) is 11.6 Å². The van der Waals surface area contributed by atoms with E-state index < -0.39 is 0 Å². The summed E-state index contributed by atoms with van der Waals surface area (Å²) < 4.78 is 5.22. The molecule has 0 spiro atoms. The number of hydrogen-bond donors (Lipinski definition) is 1. The lowest BCUT2D eigenvalue weighted by Gasteiger charge is -2.19. The zero-order valence-electron chi connectivity index (χ0n) is 7.19. The molecule has 1 aromatic heterocycles. The number of carbonyl (C=O) groups excluding carboxylic acids is 1. The van der Waals surface area contributed by atoms with Crippen molar-refractivity contribution in [1.82, 2.24) is 15.2 Å². The standard InChI is InChI=1S/C8H11N3O2/c12-5-7-9-8(11-10-7)6-1-3-13-4-2-6/h5-6H,1-4H2,(H,9,10,11). The molecule has 1 saturated heterocycles. The van der Waals surface area contributed by atoms with Crippen molar-refractivity contribution in [2.75, 3.05) is 13.2 Å². The molecule has 1 aliphatic heterocycles. The quantitative estimate of drug-likeness (QED) is 0.675. The number of nitrogens with zero attached hydrogens (tertiary/aromatic N) is 2. The highest BCUT2D eigenvalue weighted by molar-refractivity contribution is 5.68. The molecule has 0 atom stereocenters. The molecule has 5 heteroatoms. The van der Waals surface area contributed by atoms with Gasteiger partial charge in [-0.3, -0.25) is 9.89 Å². The van der Waals surface area contributed by atoms with Crippen LogP contribution in [0.5, 0.6) is 0 Å². The van der Waals surface area contributed by atoms with Crippen molar-refractivity contribution in [3.8, 4) is 0 Å². The predicted octanol–water partition coefficient (Wildman–Crippen LogP) is 0.511. The highest BCUT2D eigenvalue weighted by Crippen LogP contribution is 2.23. The number of hydrogen-bond acceptors (Lipinski definition) is 4. The summed E-state index contributed by atoms with van der Waals surface area (Å²) in [6.45, 7) is 1.53. The molecule has 0 aromatic carbocycles. The lowest BCUT2D eigenvalue weighted by molar-refractivity contribution is 0.0836. The normalized spacial score (nSPS) is 18.8. The van der Waals surface area contributed by atoms with E-state index >= 15 is 0 Å². The van der Waals surface area contributed by atoms with Gasteiger partial charge in [0.1, 0.15) is 5.82 Å². The van der Waals surface area contributed by atoms with Gasteiger partial charge in [0.15, 0.2) is 6.29 Å². The van der Waals surface area contributed by atoms with Gasteiger partial charge in [0.2, 0.25) is 5.82 Å². The Morgan fingerprint density at radius 1 is 1.46 bits per heavy atom. The Hall–Kier alpha value is -1.23. The fourth-order valence-corrected chi connectivity index (χ4v) is 1.49. The number of aldehydes is 1. The van der Waals surface area contributed by atoms with E-state index in [1.807, 2.05) is 0 Å².